The number of nitrogens with one attached hydrogen (secondary N) is 1. The molecule has 1 rings (SSSR count). The molecule has 0 fully saturated rings. The molecule has 0 aliphatic rings. The van der Waals surface area contributed by atoms with Crippen LogP contribution in [0.2, 0.25) is 0 Å². The topological polar surface area (TPSA) is 51.1 Å². The van der Waals surface area contributed by atoms with Crippen LogP contribution in [0.3, 0.4) is 0 Å². The van der Waals surface area contributed by atoms with Gasteiger partial charge in [0, 0.05) is 30.8 Å². The SMILES string of the molecule is Cc1ccn(CCCNC(=O)C(C)(C)C)c(=O)c1. The lowest BCUT2D eigenvalue weighted by Crippen LogP contribution is -2.35. The molecule has 0 aliphatic carbocycles. The smallest absolute Gasteiger partial charge is 0.250 e. The Morgan fingerprint density at radius 1 is 1.39 bits per heavy atom. The fourth-order valence-corrected chi connectivity index (χ4v) is 1.51. The maximum absolute atomic E-state index is 11.6. The summed E-state index contributed by atoms with van der Waals surface area (Å²) in [7, 11) is 0. The van der Waals surface area contributed by atoms with Crippen LogP contribution in [0.4, 0.5) is 0 Å². The van der Waals surface area contributed by atoms with E-state index in [2.05, 4.69) is 5.32 Å². The maximum Gasteiger partial charge on any atom is 0.250 e. The quantitative estimate of drug-likeness (QED) is 0.827. The predicted octanol–water partition coefficient (Wildman–Crippen LogP) is 1.71. The van der Waals surface area contributed by atoms with Crippen molar-refractivity contribution in [2.24, 2.45) is 5.41 Å². The van der Waals surface area contributed by atoms with Crippen molar-refractivity contribution in [1.29, 1.82) is 0 Å². The monoisotopic (exact) mass is 250 g/mol. The lowest BCUT2D eigenvalue weighted by molar-refractivity contribution is -0.128. The zero-order chi connectivity index (χ0) is 13.8. The molecule has 1 N–H and O–H groups in total. The van der Waals surface area contributed by atoms with Crippen molar-refractivity contribution in [2.45, 2.75) is 40.7 Å². The van der Waals surface area contributed by atoms with Crippen LogP contribution in [-0.4, -0.2) is 17.0 Å². The van der Waals surface area contributed by atoms with Crippen LogP contribution >= 0.6 is 0 Å². The van der Waals surface area contributed by atoms with Gasteiger partial charge in [-0.25, -0.2) is 0 Å². The van der Waals surface area contributed by atoms with Crippen LogP contribution in [0, 0.1) is 12.3 Å². The van der Waals surface area contributed by atoms with Crippen molar-refractivity contribution in [3.63, 3.8) is 0 Å². The number of pyridine rings is 1. The van der Waals surface area contributed by atoms with Crippen LogP contribution in [-0.2, 0) is 11.3 Å². The standard InChI is InChI=1S/C14H22N2O2/c1-11-6-9-16(12(17)10-11)8-5-7-15-13(18)14(2,3)4/h6,9-10H,5,7-8H2,1-4H3,(H,15,18). The first-order valence-electron chi connectivity index (χ1n) is 6.26. The average molecular weight is 250 g/mol. The van der Waals surface area contributed by atoms with Crippen LogP contribution in [0.5, 0.6) is 0 Å². The summed E-state index contributed by atoms with van der Waals surface area (Å²) < 4.78 is 1.66. The van der Waals surface area contributed by atoms with Gasteiger partial charge in [-0.1, -0.05) is 20.8 Å². The zero-order valence-electron chi connectivity index (χ0n) is 11.6. The summed E-state index contributed by atoms with van der Waals surface area (Å²) in [6.45, 7) is 8.77. The van der Waals surface area contributed by atoms with Gasteiger partial charge in [0.1, 0.15) is 0 Å². The number of carbonyl (C=O) groups excluding carboxylic acids is 1. The van der Waals surface area contributed by atoms with Crippen LogP contribution in [0.25, 0.3) is 0 Å². The minimum atomic E-state index is -0.360. The molecule has 0 bridgehead atoms. The summed E-state index contributed by atoms with van der Waals surface area (Å²) in [6, 6.07) is 3.53. The van der Waals surface area contributed by atoms with Crippen molar-refractivity contribution < 1.29 is 4.79 Å². The molecular weight excluding hydrogens is 228 g/mol. The summed E-state index contributed by atoms with van der Waals surface area (Å²) in [6.07, 6.45) is 2.55. The molecule has 100 valence electrons. The second kappa shape index (κ2) is 5.85. The highest BCUT2D eigenvalue weighted by Gasteiger charge is 2.20. The molecule has 0 spiro atoms. The van der Waals surface area contributed by atoms with Crippen molar-refractivity contribution in [3.05, 3.63) is 34.2 Å². The van der Waals surface area contributed by atoms with Crippen molar-refractivity contribution in [3.8, 4) is 0 Å². The van der Waals surface area contributed by atoms with Gasteiger partial charge in [0.15, 0.2) is 0 Å². The van der Waals surface area contributed by atoms with E-state index in [-0.39, 0.29) is 16.9 Å². The Hall–Kier alpha value is -1.58. The molecule has 18 heavy (non-hydrogen) atoms. The van der Waals surface area contributed by atoms with Gasteiger partial charge in [0.2, 0.25) is 5.91 Å². The van der Waals surface area contributed by atoms with E-state index < -0.39 is 0 Å². The lowest BCUT2D eigenvalue weighted by Gasteiger charge is -2.17. The van der Waals surface area contributed by atoms with E-state index in [1.807, 2.05) is 33.8 Å². The summed E-state index contributed by atoms with van der Waals surface area (Å²) in [5.74, 6) is 0.0405. The number of aryl methyl sites for hydroxylation is 2. The second-order valence-electron chi connectivity index (χ2n) is 5.60. The number of carbonyl (C=O) groups is 1. The fraction of sp³-hybridized carbons (Fsp3) is 0.571. The normalized spacial score (nSPS) is 11.3. The van der Waals surface area contributed by atoms with Crippen molar-refractivity contribution in [2.75, 3.05) is 6.54 Å². The molecule has 0 unspecified atom stereocenters. The molecule has 0 aromatic carbocycles. The highest BCUT2D eigenvalue weighted by atomic mass is 16.2. The first kappa shape index (κ1) is 14.5. The third kappa shape index (κ3) is 4.35. The Morgan fingerprint density at radius 3 is 2.61 bits per heavy atom. The van der Waals surface area contributed by atoms with Crippen LogP contribution < -0.4 is 10.9 Å². The van der Waals surface area contributed by atoms with E-state index in [1.165, 1.54) is 0 Å². The van der Waals surface area contributed by atoms with E-state index in [0.717, 1.165) is 12.0 Å². The molecule has 1 heterocycles. The van der Waals surface area contributed by atoms with Crippen LogP contribution in [0.1, 0.15) is 32.8 Å². The van der Waals surface area contributed by atoms with Gasteiger partial charge in [0.05, 0.1) is 0 Å². The molecule has 0 saturated carbocycles. The van der Waals surface area contributed by atoms with Gasteiger partial charge in [-0.2, -0.15) is 0 Å². The molecule has 1 aromatic heterocycles. The molecule has 1 aromatic rings. The van der Waals surface area contributed by atoms with E-state index >= 15 is 0 Å². The number of nitrogens with zero attached hydrogens (tertiary/aromatic N) is 1. The highest BCUT2D eigenvalue weighted by molar-refractivity contribution is 5.81. The molecular formula is C14H22N2O2. The average Bonchev–Trinajstić information content (AvgIpc) is 2.25. The third-order valence-corrected chi connectivity index (χ3v) is 2.69. The van der Waals surface area contributed by atoms with Crippen molar-refractivity contribution >= 4 is 5.91 Å². The number of hydrogen-bond donors (Lipinski definition) is 1. The van der Waals surface area contributed by atoms with E-state index in [0.29, 0.717) is 13.1 Å². The van der Waals surface area contributed by atoms with E-state index in [9.17, 15) is 9.59 Å². The molecule has 1 amide bonds. The number of aromatic nitrogens is 1. The Labute approximate surface area is 108 Å². The summed E-state index contributed by atoms with van der Waals surface area (Å²) in [4.78, 5) is 23.2. The van der Waals surface area contributed by atoms with Gasteiger partial charge in [-0.3, -0.25) is 9.59 Å². The minimum Gasteiger partial charge on any atom is -0.356 e. The Balaban J connectivity index is 2.39. The number of amides is 1. The maximum atomic E-state index is 11.6. The first-order valence-corrected chi connectivity index (χ1v) is 6.26. The molecule has 0 atom stereocenters. The predicted molar refractivity (Wildman–Crippen MR) is 72.5 cm³/mol. The fourth-order valence-electron chi connectivity index (χ4n) is 1.51. The molecule has 4 nitrogen and oxygen atoms in total. The summed E-state index contributed by atoms with van der Waals surface area (Å²) in [5.41, 5.74) is 0.621. The highest BCUT2D eigenvalue weighted by Crippen LogP contribution is 2.12. The molecule has 0 saturated heterocycles. The molecule has 0 radical (unpaired) electrons. The number of hydrogen-bond acceptors (Lipinski definition) is 2. The molecule has 4 heteroatoms. The van der Waals surface area contributed by atoms with E-state index in [4.69, 9.17) is 0 Å². The van der Waals surface area contributed by atoms with Crippen LogP contribution in [0.15, 0.2) is 23.1 Å². The largest absolute Gasteiger partial charge is 0.356 e. The Kier molecular flexibility index (Phi) is 4.70. The zero-order valence-corrected chi connectivity index (χ0v) is 11.6. The second-order valence-corrected chi connectivity index (χ2v) is 5.60. The van der Waals surface area contributed by atoms with Gasteiger partial charge in [-0.15, -0.1) is 0 Å². The van der Waals surface area contributed by atoms with Gasteiger partial charge < -0.3 is 9.88 Å². The van der Waals surface area contributed by atoms with Gasteiger partial charge in [-0.05, 0) is 25.0 Å². The summed E-state index contributed by atoms with van der Waals surface area (Å²) >= 11 is 0. The van der Waals surface area contributed by atoms with E-state index in [1.54, 1.807) is 16.8 Å². The number of rotatable bonds is 4. The first-order chi connectivity index (χ1) is 8.30. The van der Waals surface area contributed by atoms with Gasteiger partial charge in [0.25, 0.3) is 5.56 Å². The Bertz CT molecular complexity index is 469. The van der Waals surface area contributed by atoms with Gasteiger partial charge >= 0.3 is 0 Å². The Morgan fingerprint density at radius 2 is 2.06 bits per heavy atom. The minimum absolute atomic E-state index is 0.0112. The lowest BCUT2D eigenvalue weighted by atomic mass is 9.96. The van der Waals surface area contributed by atoms with Crippen molar-refractivity contribution in [1.82, 2.24) is 9.88 Å². The summed E-state index contributed by atoms with van der Waals surface area (Å²) in [5, 5.41) is 2.87. The third-order valence-electron chi connectivity index (χ3n) is 2.69. The molecule has 0 aliphatic heterocycles.